The predicted molar refractivity (Wildman–Crippen MR) is 54.4 cm³/mol. The second kappa shape index (κ2) is 3.57. The van der Waals surface area contributed by atoms with Gasteiger partial charge >= 0.3 is 0 Å². The number of hydrogen-bond donors (Lipinski definition) is 0. The maximum absolute atomic E-state index is 13.5. The van der Waals surface area contributed by atoms with Crippen LogP contribution in [-0.4, -0.2) is 9.40 Å². The van der Waals surface area contributed by atoms with Gasteiger partial charge in [-0.3, -0.25) is 4.42 Å². The van der Waals surface area contributed by atoms with E-state index in [-0.39, 0.29) is 11.7 Å². The van der Waals surface area contributed by atoms with Crippen LogP contribution in [0.3, 0.4) is 0 Å². The lowest BCUT2D eigenvalue weighted by Crippen LogP contribution is -2.13. The van der Waals surface area contributed by atoms with Crippen LogP contribution in [0.25, 0.3) is 5.03 Å². The molecule has 2 heterocycles. The summed E-state index contributed by atoms with van der Waals surface area (Å²) < 4.78 is 14.7. The summed E-state index contributed by atoms with van der Waals surface area (Å²) >= 11 is 17.1. The second-order valence-corrected chi connectivity index (χ2v) is 3.99. The van der Waals surface area contributed by atoms with Gasteiger partial charge in [0.2, 0.25) is 0 Å². The number of halogens is 4. The summed E-state index contributed by atoms with van der Waals surface area (Å²) in [7, 11) is 0. The molecule has 0 atom stereocenters. The molecule has 1 aromatic heterocycles. The monoisotopic (exact) mass is 252 g/mol. The number of hydrogen-bond acceptors (Lipinski definition) is 2. The molecule has 1 aliphatic heterocycles. The Bertz CT molecular complexity index is 419. The second-order valence-electron chi connectivity index (χ2n) is 2.79. The molecule has 2 nitrogen and oxygen atoms in total. The van der Waals surface area contributed by atoms with Crippen LogP contribution in [-0.2, 0) is 6.54 Å². The van der Waals surface area contributed by atoms with Crippen LogP contribution in [0.5, 0.6) is 0 Å². The Hall–Kier alpha value is -0.510. The zero-order chi connectivity index (χ0) is 10.3. The molecule has 0 spiro atoms. The fraction of sp³-hybridized carbons (Fsp3) is 0.125. The summed E-state index contributed by atoms with van der Waals surface area (Å²) in [5, 5.41) is 0.185. The van der Waals surface area contributed by atoms with Crippen LogP contribution >= 0.6 is 35.0 Å². The van der Waals surface area contributed by atoms with E-state index in [0.29, 0.717) is 16.2 Å². The van der Waals surface area contributed by atoms with Gasteiger partial charge in [0.1, 0.15) is 0 Å². The Labute approximate surface area is 95.0 Å². The number of rotatable bonds is 0. The molecule has 14 heavy (non-hydrogen) atoms. The molecule has 0 unspecified atom stereocenters. The smallest absolute Gasteiger partial charge is 0.166 e. The normalized spacial score (nSPS) is 15.1. The van der Waals surface area contributed by atoms with Crippen molar-refractivity contribution in [3.63, 3.8) is 0 Å². The molecule has 0 N–H and O–H groups in total. The molecule has 0 saturated carbocycles. The standard InChI is InChI=1S/C8H4Cl3FN2/c9-6-3-14(11)2-5-4(6)1-13-8(10)7(5)12/h1,3H,2H2. The summed E-state index contributed by atoms with van der Waals surface area (Å²) in [5.74, 6) is -0.568. The largest absolute Gasteiger partial charge is 0.286 e. The minimum absolute atomic E-state index is 0.166. The van der Waals surface area contributed by atoms with E-state index in [1.807, 2.05) is 0 Å². The Morgan fingerprint density at radius 2 is 2.14 bits per heavy atom. The van der Waals surface area contributed by atoms with Gasteiger partial charge < -0.3 is 0 Å². The first-order chi connectivity index (χ1) is 6.59. The first-order valence-corrected chi connectivity index (χ1v) is 4.82. The highest BCUT2D eigenvalue weighted by Gasteiger charge is 2.21. The quantitative estimate of drug-likeness (QED) is 0.520. The van der Waals surface area contributed by atoms with Crippen molar-refractivity contribution in [2.45, 2.75) is 6.54 Å². The Kier molecular flexibility index (Phi) is 2.56. The van der Waals surface area contributed by atoms with Crippen molar-refractivity contribution in [3.8, 4) is 0 Å². The molecule has 0 saturated heterocycles. The average molecular weight is 253 g/mol. The number of nitrogens with zero attached hydrogens (tertiary/aromatic N) is 2. The topological polar surface area (TPSA) is 16.1 Å². The van der Waals surface area contributed by atoms with Crippen LogP contribution in [0.4, 0.5) is 4.39 Å². The van der Waals surface area contributed by atoms with Gasteiger partial charge in [-0.2, -0.15) is 0 Å². The van der Waals surface area contributed by atoms with Gasteiger partial charge in [-0.05, 0) is 0 Å². The van der Waals surface area contributed by atoms with E-state index in [9.17, 15) is 4.39 Å². The molecule has 0 amide bonds. The van der Waals surface area contributed by atoms with E-state index in [2.05, 4.69) is 4.98 Å². The fourth-order valence-electron chi connectivity index (χ4n) is 1.25. The van der Waals surface area contributed by atoms with Crippen LogP contribution in [0.1, 0.15) is 11.1 Å². The molecule has 74 valence electrons. The van der Waals surface area contributed by atoms with Gasteiger partial charge in [-0.15, -0.1) is 0 Å². The first kappa shape index (κ1) is 10.0. The summed E-state index contributed by atoms with van der Waals surface area (Å²) in [6.45, 7) is 0.223. The molecule has 0 radical (unpaired) electrons. The summed E-state index contributed by atoms with van der Waals surface area (Å²) in [5.41, 5.74) is 0.901. The molecular weight excluding hydrogens is 249 g/mol. The van der Waals surface area contributed by atoms with E-state index in [1.54, 1.807) is 0 Å². The van der Waals surface area contributed by atoms with Crippen LogP contribution < -0.4 is 0 Å². The third-order valence-electron chi connectivity index (χ3n) is 1.90. The van der Waals surface area contributed by atoms with E-state index >= 15 is 0 Å². The van der Waals surface area contributed by atoms with Gasteiger partial charge in [-0.25, -0.2) is 9.37 Å². The molecular formula is C8H4Cl3FN2. The van der Waals surface area contributed by atoms with Crippen molar-refractivity contribution in [2.24, 2.45) is 0 Å². The van der Waals surface area contributed by atoms with Gasteiger partial charge in [-0.1, -0.05) is 23.2 Å². The zero-order valence-electron chi connectivity index (χ0n) is 6.77. The van der Waals surface area contributed by atoms with Gasteiger partial charge in [0.05, 0.1) is 11.6 Å². The number of pyridine rings is 1. The highest BCUT2D eigenvalue weighted by molar-refractivity contribution is 6.49. The lowest BCUT2D eigenvalue weighted by atomic mass is 10.1. The Morgan fingerprint density at radius 3 is 2.86 bits per heavy atom. The van der Waals surface area contributed by atoms with Crippen LogP contribution in [0, 0.1) is 5.82 Å². The van der Waals surface area contributed by atoms with E-state index < -0.39 is 5.82 Å². The minimum atomic E-state index is -0.568. The molecule has 0 aliphatic carbocycles. The van der Waals surface area contributed by atoms with Gasteiger partial charge in [0.15, 0.2) is 11.0 Å². The minimum Gasteiger partial charge on any atom is -0.286 e. The summed E-state index contributed by atoms with van der Waals surface area (Å²) in [6, 6.07) is 0. The third-order valence-corrected chi connectivity index (χ3v) is 2.68. The van der Waals surface area contributed by atoms with Gasteiger partial charge in [0.25, 0.3) is 0 Å². The molecule has 1 aliphatic rings. The van der Waals surface area contributed by atoms with Crippen LogP contribution in [0.15, 0.2) is 12.4 Å². The summed E-state index contributed by atoms with van der Waals surface area (Å²) in [4.78, 5) is 3.67. The van der Waals surface area contributed by atoms with Gasteiger partial charge in [0, 0.05) is 35.3 Å². The highest BCUT2D eigenvalue weighted by atomic mass is 35.5. The van der Waals surface area contributed by atoms with Crippen molar-refractivity contribution in [3.05, 3.63) is 34.5 Å². The lowest BCUT2D eigenvalue weighted by Gasteiger charge is -2.20. The Morgan fingerprint density at radius 1 is 1.43 bits per heavy atom. The molecule has 6 heteroatoms. The number of aromatic nitrogens is 1. The zero-order valence-corrected chi connectivity index (χ0v) is 9.04. The summed E-state index contributed by atoms with van der Waals surface area (Å²) in [6.07, 6.45) is 2.93. The van der Waals surface area contributed by atoms with E-state index in [0.717, 1.165) is 0 Å². The maximum Gasteiger partial charge on any atom is 0.166 e. The molecule has 0 bridgehead atoms. The van der Waals surface area contributed by atoms with Crippen molar-refractivity contribution in [1.29, 1.82) is 0 Å². The average Bonchev–Trinajstić information content (AvgIpc) is 2.12. The number of fused-ring (bicyclic) bond motifs is 1. The fourth-order valence-corrected chi connectivity index (χ4v) is 1.96. The van der Waals surface area contributed by atoms with E-state index in [4.69, 9.17) is 35.0 Å². The van der Waals surface area contributed by atoms with E-state index in [1.165, 1.54) is 16.8 Å². The first-order valence-electron chi connectivity index (χ1n) is 3.72. The lowest BCUT2D eigenvalue weighted by molar-refractivity contribution is 0.538. The Balaban J connectivity index is 2.63. The van der Waals surface area contributed by atoms with Crippen molar-refractivity contribution in [2.75, 3.05) is 0 Å². The van der Waals surface area contributed by atoms with Crippen LogP contribution in [0.2, 0.25) is 5.15 Å². The third kappa shape index (κ3) is 1.56. The van der Waals surface area contributed by atoms with Crippen molar-refractivity contribution < 1.29 is 4.39 Å². The van der Waals surface area contributed by atoms with Crippen molar-refractivity contribution >= 4 is 40.0 Å². The highest BCUT2D eigenvalue weighted by Crippen LogP contribution is 2.33. The molecule has 0 aromatic carbocycles. The molecule has 1 aromatic rings. The molecule has 2 rings (SSSR count). The maximum atomic E-state index is 13.5. The SMILES string of the molecule is Fc1c(Cl)ncc2c1CN(Cl)C=C2Cl. The predicted octanol–water partition coefficient (Wildman–Crippen LogP) is 3.38. The van der Waals surface area contributed by atoms with Crippen molar-refractivity contribution in [1.82, 2.24) is 9.40 Å². The molecule has 0 fully saturated rings.